The summed E-state index contributed by atoms with van der Waals surface area (Å²) in [5.41, 5.74) is 0.551. The summed E-state index contributed by atoms with van der Waals surface area (Å²) in [5, 5.41) is 9.81. The number of nitrogens with zero attached hydrogens (tertiary/aromatic N) is 2. The molecule has 2 aliphatic rings. The summed E-state index contributed by atoms with van der Waals surface area (Å²) in [5.74, 6) is 0.0535. The van der Waals surface area contributed by atoms with E-state index in [2.05, 4.69) is 0 Å². The van der Waals surface area contributed by atoms with Crippen LogP contribution in [0.2, 0.25) is 0 Å². The highest BCUT2D eigenvalue weighted by Crippen LogP contribution is 2.47. The molecule has 0 unspecified atom stereocenters. The Bertz CT molecular complexity index is 692. The molecule has 2 amide bonds. The Morgan fingerprint density at radius 3 is 2.38 bits per heavy atom. The molecule has 3 rings (SSSR count). The molecule has 2 aliphatic heterocycles. The number of likely N-dealkylation sites (tertiary alicyclic amines) is 2. The van der Waals surface area contributed by atoms with Gasteiger partial charge in [-0.15, -0.1) is 0 Å². The second kappa shape index (κ2) is 7.23. The maximum absolute atomic E-state index is 12.5. The van der Waals surface area contributed by atoms with Gasteiger partial charge in [0.05, 0.1) is 12.1 Å². The van der Waals surface area contributed by atoms with Crippen molar-refractivity contribution in [2.24, 2.45) is 5.41 Å². The van der Waals surface area contributed by atoms with Gasteiger partial charge in [-0.3, -0.25) is 9.59 Å². The van der Waals surface area contributed by atoms with Crippen molar-refractivity contribution in [2.75, 3.05) is 26.2 Å². The van der Waals surface area contributed by atoms with Gasteiger partial charge >= 0.3 is 0 Å². The summed E-state index contributed by atoms with van der Waals surface area (Å²) < 4.78 is 0. The molecule has 2 saturated heterocycles. The first-order valence-electron chi connectivity index (χ1n) is 9.29. The lowest BCUT2D eigenvalue weighted by Crippen LogP contribution is -2.46. The van der Waals surface area contributed by atoms with Gasteiger partial charge in [-0.05, 0) is 43.2 Å². The van der Waals surface area contributed by atoms with Crippen molar-refractivity contribution in [3.63, 3.8) is 0 Å². The monoisotopic (exact) mass is 356 g/mol. The van der Waals surface area contributed by atoms with E-state index in [0.29, 0.717) is 19.6 Å². The second-order valence-electron chi connectivity index (χ2n) is 8.01. The predicted molar refractivity (Wildman–Crippen MR) is 101 cm³/mol. The molecule has 1 spiro atoms. The van der Waals surface area contributed by atoms with Gasteiger partial charge in [0.25, 0.3) is 0 Å². The van der Waals surface area contributed by atoms with Crippen molar-refractivity contribution in [3.05, 3.63) is 42.0 Å². The van der Waals surface area contributed by atoms with Crippen molar-refractivity contribution in [3.8, 4) is 0 Å². The third-order valence-corrected chi connectivity index (χ3v) is 5.98. The molecule has 1 atom stereocenters. The van der Waals surface area contributed by atoms with Crippen LogP contribution in [0.5, 0.6) is 0 Å². The maximum Gasteiger partial charge on any atom is 0.246 e. The fraction of sp³-hybridized carbons (Fsp3) is 0.524. The third-order valence-electron chi connectivity index (χ3n) is 5.98. The van der Waals surface area contributed by atoms with Gasteiger partial charge in [0.15, 0.2) is 0 Å². The fourth-order valence-electron chi connectivity index (χ4n) is 4.49. The minimum absolute atomic E-state index is 0.0164. The smallest absolute Gasteiger partial charge is 0.246 e. The molecule has 2 heterocycles. The van der Waals surface area contributed by atoms with Crippen molar-refractivity contribution < 1.29 is 14.7 Å². The SMILES string of the molecule is CC(=O)N1CC2(CCN(C(=O)/C=C/c3ccccc3)CC2)C[C@@]1(C)CO. The molecule has 0 aromatic heterocycles. The van der Waals surface area contributed by atoms with Gasteiger partial charge in [-0.2, -0.15) is 0 Å². The third kappa shape index (κ3) is 3.68. The molecule has 0 aliphatic carbocycles. The number of aliphatic hydroxyl groups is 1. The van der Waals surface area contributed by atoms with Crippen LogP contribution in [0.3, 0.4) is 0 Å². The van der Waals surface area contributed by atoms with E-state index in [1.807, 2.05) is 53.1 Å². The molecule has 1 aromatic carbocycles. The van der Waals surface area contributed by atoms with Crippen LogP contribution in [-0.2, 0) is 9.59 Å². The van der Waals surface area contributed by atoms with Gasteiger partial charge in [0.1, 0.15) is 0 Å². The van der Waals surface area contributed by atoms with Crippen LogP contribution in [0.15, 0.2) is 36.4 Å². The van der Waals surface area contributed by atoms with Crippen LogP contribution in [0, 0.1) is 5.41 Å². The Kier molecular flexibility index (Phi) is 5.19. The molecule has 0 bridgehead atoms. The highest BCUT2D eigenvalue weighted by molar-refractivity contribution is 5.91. The van der Waals surface area contributed by atoms with Gasteiger partial charge in [-0.25, -0.2) is 0 Å². The summed E-state index contributed by atoms with van der Waals surface area (Å²) in [4.78, 5) is 28.2. The molecule has 26 heavy (non-hydrogen) atoms. The summed E-state index contributed by atoms with van der Waals surface area (Å²) in [6, 6.07) is 9.80. The normalized spacial score (nSPS) is 25.2. The van der Waals surface area contributed by atoms with Crippen molar-refractivity contribution in [2.45, 2.75) is 38.6 Å². The lowest BCUT2D eigenvalue weighted by atomic mass is 9.74. The number of piperidine rings is 1. The number of hydrogen-bond donors (Lipinski definition) is 1. The zero-order valence-corrected chi connectivity index (χ0v) is 15.6. The Balaban J connectivity index is 1.61. The summed E-state index contributed by atoms with van der Waals surface area (Å²) in [6.07, 6.45) is 6.04. The quantitative estimate of drug-likeness (QED) is 0.846. The zero-order valence-electron chi connectivity index (χ0n) is 15.6. The number of aliphatic hydroxyl groups excluding tert-OH is 1. The number of rotatable bonds is 3. The van der Waals surface area contributed by atoms with E-state index in [9.17, 15) is 14.7 Å². The van der Waals surface area contributed by atoms with Crippen LogP contribution in [-0.4, -0.2) is 58.5 Å². The van der Waals surface area contributed by atoms with Crippen LogP contribution in [0.25, 0.3) is 6.08 Å². The van der Waals surface area contributed by atoms with Gasteiger partial charge in [0.2, 0.25) is 11.8 Å². The molecule has 1 N–H and O–H groups in total. The van der Waals surface area contributed by atoms with Crippen molar-refractivity contribution in [1.29, 1.82) is 0 Å². The predicted octanol–water partition coefficient (Wildman–Crippen LogP) is 2.31. The Morgan fingerprint density at radius 1 is 1.19 bits per heavy atom. The van der Waals surface area contributed by atoms with Crippen LogP contribution in [0.1, 0.15) is 38.7 Å². The van der Waals surface area contributed by atoms with Gasteiger partial charge < -0.3 is 14.9 Å². The number of carbonyl (C=O) groups is 2. The molecule has 0 saturated carbocycles. The highest BCUT2D eigenvalue weighted by Gasteiger charge is 2.52. The standard InChI is InChI=1S/C21H28N2O3/c1-17(25)23-15-21(14-20(23,2)16-24)10-12-22(13-11-21)19(26)9-8-18-6-4-3-5-7-18/h3-9,24H,10-16H2,1-2H3/b9-8+/t20-/m0/s1. The first kappa shape index (κ1) is 18.6. The molecular formula is C21H28N2O3. The molecule has 5 heteroatoms. The van der Waals surface area contributed by atoms with E-state index in [1.165, 1.54) is 0 Å². The Hall–Kier alpha value is -2.14. The number of carbonyl (C=O) groups excluding carboxylic acids is 2. The minimum Gasteiger partial charge on any atom is -0.394 e. The fourth-order valence-corrected chi connectivity index (χ4v) is 4.49. The van der Waals surface area contributed by atoms with E-state index in [1.54, 1.807) is 13.0 Å². The lowest BCUT2D eigenvalue weighted by Gasteiger charge is -2.39. The van der Waals surface area contributed by atoms with Gasteiger partial charge in [-0.1, -0.05) is 30.3 Å². The summed E-state index contributed by atoms with van der Waals surface area (Å²) >= 11 is 0. The van der Waals surface area contributed by atoms with Crippen LogP contribution < -0.4 is 0 Å². The van der Waals surface area contributed by atoms with E-state index in [-0.39, 0.29) is 23.8 Å². The molecule has 0 radical (unpaired) electrons. The zero-order chi connectivity index (χ0) is 18.8. The number of amides is 2. The Morgan fingerprint density at radius 2 is 1.85 bits per heavy atom. The summed E-state index contributed by atoms with van der Waals surface area (Å²) in [6.45, 7) is 5.59. The first-order chi connectivity index (χ1) is 12.4. The first-order valence-corrected chi connectivity index (χ1v) is 9.29. The summed E-state index contributed by atoms with van der Waals surface area (Å²) in [7, 11) is 0. The van der Waals surface area contributed by atoms with Crippen molar-refractivity contribution in [1.82, 2.24) is 9.80 Å². The van der Waals surface area contributed by atoms with Crippen LogP contribution in [0.4, 0.5) is 0 Å². The largest absolute Gasteiger partial charge is 0.394 e. The van der Waals surface area contributed by atoms with E-state index in [0.717, 1.165) is 24.8 Å². The van der Waals surface area contributed by atoms with Crippen molar-refractivity contribution >= 4 is 17.9 Å². The molecule has 5 nitrogen and oxygen atoms in total. The highest BCUT2D eigenvalue weighted by atomic mass is 16.3. The molecule has 140 valence electrons. The average Bonchev–Trinajstić information content (AvgIpc) is 2.94. The molecular weight excluding hydrogens is 328 g/mol. The van der Waals surface area contributed by atoms with Gasteiger partial charge in [0, 0.05) is 32.6 Å². The molecule has 2 fully saturated rings. The number of hydrogen-bond acceptors (Lipinski definition) is 3. The molecule has 1 aromatic rings. The average molecular weight is 356 g/mol. The number of benzene rings is 1. The minimum atomic E-state index is -0.481. The Labute approximate surface area is 155 Å². The van der Waals surface area contributed by atoms with E-state index >= 15 is 0 Å². The topological polar surface area (TPSA) is 60.9 Å². The lowest BCUT2D eigenvalue weighted by molar-refractivity contribution is -0.134. The van der Waals surface area contributed by atoms with E-state index < -0.39 is 5.54 Å². The van der Waals surface area contributed by atoms with Crippen LogP contribution >= 0.6 is 0 Å². The van der Waals surface area contributed by atoms with E-state index in [4.69, 9.17) is 0 Å². The maximum atomic E-state index is 12.5. The second-order valence-corrected chi connectivity index (χ2v) is 8.01.